The minimum atomic E-state index is 0.466. The minimum absolute atomic E-state index is 0.466. The Balaban J connectivity index is 1.30. The number of nitrogens with one attached hydrogen (secondary N) is 2. The molecule has 2 N–H and O–H groups in total. The molecule has 3 fully saturated rings. The van der Waals surface area contributed by atoms with E-state index in [1.807, 2.05) is 19.2 Å². The first-order chi connectivity index (χ1) is 11.6. The molecule has 0 aromatic heterocycles. The monoisotopic (exact) mass is 346 g/mol. The minimum Gasteiger partial charge on any atom is -0.353 e. The molecule has 2 saturated carbocycles. The molecular weight excluding hydrogens is 320 g/mol. The summed E-state index contributed by atoms with van der Waals surface area (Å²) in [7, 11) is 1.86. The van der Waals surface area contributed by atoms with Gasteiger partial charge in [0.15, 0.2) is 5.96 Å². The molecule has 4 atom stereocenters. The SMILES string of the molecule is CN=C(NC1CC(C)N(C2CC2)C1)NC1CC1c1cccc(Cl)c1. The molecule has 4 rings (SSSR count). The number of halogens is 1. The largest absolute Gasteiger partial charge is 0.353 e. The molecule has 0 spiro atoms. The molecule has 1 aromatic carbocycles. The Kier molecular flexibility index (Phi) is 4.44. The second-order valence-electron chi connectivity index (χ2n) is 7.57. The van der Waals surface area contributed by atoms with Gasteiger partial charge >= 0.3 is 0 Å². The smallest absolute Gasteiger partial charge is 0.191 e. The second-order valence-corrected chi connectivity index (χ2v) is 8.01. The van der Waals surface area contributed by atoms with Crippen LogP contribution in [0.1, 0.15) is 44.1 Å². The molecule has 5 heteroatoms. The van der Waals surface area contributed by atoms with E-state index >= 15 is 0 Å². The van der Waals surface area contributed by atoms with Crippen LogP contribution < -0.4 is 10.6 Å². The van der Waals surface area contributed by atoms with Crippen LogP contribution in [-0.2, 0) is 0 Å². The Labute approximate surface area is 149 Å². The molecule has 1 aliphatic heterocycles. The van der Waals surface area contributed by atoms with Gasteiger partial charge in [-0.1, -0.05) is 23.7 Å². The lowest BCUT2D eigenvalue weighted by Crippen LogP contribution is -2.45. The van der Waals surface area contributed by atoms with Crippen molar-refractivity contribution in [3.63, 3.8) is 0 Å². The van der Waals surface area contributed by atoms with E-state index in [0.29, 0.717) is 24.0 Å². The first-order valence-electron chi connectivity index (χ1n) is 9.15. The van der Waals surface area contributed by atoms with E-state index in [1.54, 1.807) is 0 Å². The summed E-state index contributed by atoms with van der Waals surface area (Å²) in [5.41, 5.74) is 1.32. The fraction of sp³-hybridized carbons (Fsp3) is 0.632. The predicted octanol–water partition coefficient (Wildman–Crippen LogP) is 2.99. The summed E-state index contributed by atoms with van der Waals surface area (Å²) < 4.78 is 0. The van der Waals surface area contributed by atoms with Crippen molar-refractivity contribution in [1.29, 1.82) is 0 Å². The lowest BCUT2D eigenvalue weighted by atomic mass is 10.1. The third kappa shape index (κ3) is 3.55. The summed E-state index contributed by atoms with van der Waals surface area (Å²) in [6, 6.07) is 10.7. The van der Waals surface area contributed by atoms with E-state index in [9.17, 15) is 0 Å². The van der Waals surface area contributed by atoms with Gasteiger partial charge in [0.25, 0.3) is 0 Å². The molecule has 0 amide bonds. The number of benzene rings is 1. The van der Waals surface area contributed by atoms with Gasteiger partial charge < -0.3 is 10.6 Å². The summed E-state index contributed by atoms with van der Waals surface area (Å²) in [4.78, 5) is 7.10. The molecule has 4 nitrogen and oxygen atoms in total. The van der Waals surface area contributed by atoms with Crippen molar-refractivity contribution in [2.24, 2.45) is 4.99 Å². The molecule has 2 aliphatic carbocycles. The Morgan fingerprint density at radius 2 is 2.08 bits per heavy atom. The van der Waals surface area contributed by atoms with Crippen LogP contribution in [0.3, 0.4) is 0 Å². The van der Waals surface area contributed by atoms with Gasteiger partial charge in [-0.25, -0.2) is 0 Å². The van der Waals surface area contributed by atoms with Crippen LogP contribution in [0.15, 0.2) is 29.3 Å². The number of rotatable bonds is 4. The zero-order valence-electron chi connectivity index (χ0n) is 14.5. The number of guanidine groups is 1. The molecule has 130 valence electrons. The first kappa shape index (κ1) is 16.2. The highest BCUT2D eigenvalue weighted by atomic mass is 35.5. The van der Waals surface area contributed by atoms with Gasteiger partial charge in [0, 0.05) is 48.7 Å². The quantitative estimate of drug-likeness (QED) is 0.650. The van der Waals surface area contributed by atoms with Crippen molar-refractivity contribution < 1.29 is 0 Å². The van der Waals surface area contributed by atoms with Crippen molar-refractivity contribution in [2.75, 3.05) is 13.6 Å². The molecule has 1 aromatic rings. The highest BCUT2D eigenvalue weighted by Crippen LogP contribution is 2.41. The zero-order chi connectivity index (χ0) is 16.7. The third-order valence-electron chi connectivity index (χ3n) is 5.59. The first-order valence-corrected chi connectivity index (χ1v) is 9.53. The maximum atomic E-state index is 6.11. The third-order valence-corrected chi connectivity index (χ3v) is 5.83. The normalized spacial score (nSPS) is 33.5. The Morgan fingerprint density at radius 1 is 1.25 bits per heavy atom. The molecule has 1 saturated heterocycles. The van der Waals surface area contributed by atoms with Crippen LogP contribution in [0, 0.1) is 0 Å². The number of nitrogens with zero attached hydrogens (tertiary/aromatic N) is 2. The molecule has 4 unspecified atom stereocenters. The molecular formula is C19H27ClN4. The van der Waals surface area contributed by atoms with E-state index in [1.165, 1.54) is 24.8 Å². The Bertz CT molecular complexity index is 628. The van der Waals surface area contributed by atoms with E-state index in [0.717, 1.165) is 30.0 Å². The average Bonchev–Trinajstić information content (AvgIpc) is 3.47. The summed E-state index contributed by atoms with van der Waals surface area (Å²) in [6.07, 6.45) is 5.12. The van der Waals surface area contributed by atoms with Crippen molar-refractivity contribution in [2.45, 2.75) is 62.7 Å². The van der Waals surface area contributed by atoms with Gasteiger partial charge in [-0.3, -0.25) is 9.89 Å². The van der Waals surface area contributed by atoms with Crippen LogP contribution >= 0.6 is 11.6 Å². The average molecular weight is 347 g/mol. The van der Waals surface area contributed by atoms with E-state index in [4.69, 9.17) is 11.6 Å². The zero-order valence-corrected chi connectivity index (χ0v) is 15.3. The van der Waals surface area contributed by atoms with Gasteiger partial charge in [-0.15, -0.1) is 0 Å². The van der Waals surface area contributed by atoms with E-state index < -0.39 is 0 Å². The fourth-order valence-corrected chi connectivity index (χ4v) is 4.27. The number of aliphatic imine (C=N–C) groups is 1. The summed E-state index contributed by atoms with van der Waals surface area (Å²) in [5, 5.41) is 8.04. The van der Waals surface area contributed by atoms with Crippen molar-refractivity contribution in [1.82, 2.24) is 15.5 Å². The van der Waals surface area contributed by atoms with Crippen molar-refractivity contribution in [3.05, 3.63) is 34.9 Å². The second kappa shape index (κ2) is 6.57. The van der Waals surface area contributed by atoms with Gasteiger partial charge in [0.05, 0.1) is 0 Å². The van der Waals surface area contributed by atoms with Crippen LogP contribution in [0.25, 0.3) is 0 Å². The molecule has 1 heterocycles. The highest BCUT2D eigenvalue weighted by molar-refractivity contribution is 6.30. The van der Waals surface area contributed by atoms with Crippen LogP contribution in [0.4, 0.5) is 0 Å². The predicted molar refractivity (Wildman–Crippen MR) is 99.8 cm³/mol. The standard InChI is InChI=1S/C19H27ClN4/c1-12-8-15(11-24(12)16-6-7-16)22-19(21-2)23-18-10-17(18)13-4-3-5-14(20)9-13/h3-5,9,12,15-18H,6-8,10-11H2,1-2H3,(H2,21,22,23). The van der Waals surface area contributed by atoms with Crippen molar-refractivity contribution in [3.8, 4) is 0 Å². The maximum Gasteiger partial charge on any atom is 0.191 e. The van der Waals surface area contributed by atoms with E-state index in [2.05, 4.69) is 39.6 Å². The number of likely N-dealkylation sites (tertiary alicyclic amines) is 1. The summed E-state index contributed by atoms with van der Waals surface area (Å²) in [5.74, 6) is 1.49. The lowest BCUT2D eigenvalue weighted by Gasteiger charge is -2.20. The number of hydrogen-bond acceptors (Lipinski definition) is 2. The van der Waals surface area contributed by atoms with Crippen LogP contribution in [0.5, 0.6) is 0 Å². The highest BCUT2D eigenvalue weighted by Gasteiger charge is 2.41. The van der Waals surface area contributed by atoms with Gasteiger partial charge in [-0.2, -0.15) is 0 Å². The number of hydrogen-bond donors (Lipinski definition) is 2. The van der Waals surface area contributed by atoms with E-state index in [-0.39, 0.29) is 0 Å². The van der Waals surface area contributed by atoms with Gasteiger partial charge in [0.1, 0.15) is 0 Å². The molecule has 0 radical (unpaired) electrons. The molecule has 3 aliphatic rings. The molecule has 24 heavy (non-hydrogen) atoms. The summed E-state index contributed by atoms with van der Waals surface area (Å²) in [6.45, 7) is 3.50. The van der Waals surface area contributed by atoms with Crippen molar-refractivity contribution >= 4 is 17.6 Å². The topological polar surface area (TPSA) is 39.7 Å². The fourth-order valence-electron chi connectivity index (χ4n) is 4.08. The Morgan fingerprint density at radius 3 is 2.79 bits per heavy atom. The van der Waals surface area contributed by atoms with Gasteiger partial charge in [-0.05, 0) is 50.3 Å². The van der Waals surface area contributed by atoms with Crippen LogP contribution in [0.2, 0.25) is 5.02 Å². The molecule has 0 bridgehead atoms. The van der Waals surface area contributed by atoms with Crippen LogP contribution in [-0.4, -0.2) is 48.6 Å². The van der Waals surface area contributed by atoms with Gasteiger partial charge in [0.2, 0.25) is 0 Å². The lowest BCUT2D eigenvalue weighted by molar-refractivity contribution is 0.256. The summed E-state index contributed by atoms with van der Waals surface area (Å²) >= 11 is 6.11. The Hall–Kier alpha value is -1.26. The maximum absolute atomic E-state index is 6.11.